The van der Waals surface area contributed by atoms with Gasteiger partial charge >= 0.3 is 0 Å². The fourth-order valence-corrected chi connectivity index (χ4v) is 4.50. The fourth-order valence-electron chi connectivity index (χ4n) is 4.31. The Balaban J connectivity index is 1.63. The van der Waals surface area contributed by atoms with Crippen LogP contribution in [0.2, 0.25) is 5.02 Å². The number of para-hydroxylation sites is 1. The molecule has 0 radical (unpaired) electrons. The van der Waals surface area contributed by atoms with Gasteiger partial charge in [-0.15, -0.1) is 0 Å². The largest absolute Gasteiger partial charge is 0.297 e. The summed E-state index contributed by atoms with van der Waals surface area (Å²) in [5, 5.41) is 2.26. The molecule has 37 heavy (non-hydrogen) atoms. The van der Waals surface area contributed by atoms with Crippen molar-refractivity contribution in [3.8, 4) is 11.4 Å². The molecule has 6 rings (SSSR count). The summed E-state index contributed by atoms with van der Waals surface area (Å²) in [4.78, 5) is 37.5. The number of carbonyl (C=O) groups excluding carboxylic acids is 1. The molecule has 1 aliphatic rings. The van der Waals surface area contributed by atoms with Crippen molar-refractivity contribution >= 4 is 40.3 Å². The summed E-state index contributed by atoms with van der Waals surface area (Å²) < 4.78 is 1.32. The van der Waals surface area contributed by atoms with Crippen LogP contribution in [0.1, 0.15) is 11.1 Å². The molecule has 178 valence electrons. The first kappa shape index (κ1) is 22.6. The topological polar surface area (TPSA) is 67.6 Å². The number of hydrogen-bond donors (Lipinski definition) is 0. The predicted molar refractivity (Wildman–Crippen MR) is 147 cm³/mol. The second-order valence-electron chi connectivity index (χ2n) is 8.44. The van der Waals surface area contributed by atoms with Gasteiger partial charge in [-0.25, -0.2) is 9.98 Å². The SMILES string of the molecule is O=C1/C(=C\c2cccc(Cl)c2)N=C(c2ccccc2)N1n1c(-c2ccccc2)nc2ccccc2c1=O. The van der Waals surface area contributed by atoms with Crippen LogP contribution < -0.4 is 10.6 Å². The molecule has 5 aromatic rings. The van der Waals surface area contributed by atoms with Crippen molar-refractivity contribution in [2.75, 3.05) is 5.01 Å². The number of fused-ring (bicyclic) bond motifs is 1. The van der Waals surface area contributed by atoms with Crippen LogP contribution >= 0.6 is 11.6 Å². The zero-order valence-electron chi connectivity index (χ0n) is 19.5. The number of halogens is 1. The molecule has 4 aromatic carbocycles. The van der Waals surface area contributed by atoms with Gasteiger partial charge in [-0.3, -0.25) is 9.59 Å². The van der Waals surface area contributed by atoms with E-state index in [0.717, 1.165) is 5.56 Å². The Morgan fingerprint density at radius 1 is 0.730 bits per heavy atom. The lowest BCUT2D eigenvalue weighted by molar-refractivity contribution is -0.115. The number of amides is 1. The van der Waals surface area contributed by atoms with E-state index in [2.05, 4.69) is 0 Å². The second kappa shape index (κ2) is 9.33. The average molecular weight is 503 g/mol. The molecule has 1 aromatic heterocycles. The van der Waals surface area contributed by atoms with E-state index in [1.807, 2.05) is 72.8 Å². The zero-order valence-corrected chi connectivity index (χ0v) is 20.2. The highest BCUT2D eigenvalue weighted by molar-refractivity contribution is 6.31. The number of aromatic nitrogens is 2. The van der Waals surface area contributed by atoms with Gasteiger partial charge < -0.3 is 0 Å². The number of rotatable bonds is 4. The van der Waals surface area contributed by atoms with Crippen molar-refractivity contribution in [3.05, 3.63) is 141 Å². The molecule has 0 spiro atoms. The van der Waals surface area contributed by atoms with Gasteiger partial charge in [0.1, 0.15) is 5.70 Å². The molecule has 1 aliphatic heterocycles. The van der Waals surface area contributed by atoms with E-state index in [0.29, 0.717) is 38.7 Å². The van der Waals surface area contributed by atoms with Gasteiger partial charge in [0.15, 0.2) is 11.7 Å². The maximum Gasteiger partial charge on any atom is 0.297 e. The molecular weight excluding hydrogens is 484 g/mol. The highest BCUT2D eigenvalue weighted by Gasteiger charge is 2.35. The molecule has 7 heteroatoms. The fraction of sp³-hybridized carbons (Fsp3) is 0. The Kier molecular flexibility index (Phi) is 5.71. The van der Waals surface area contributed by atoms with Crippen molar-refractivity contribution in [2.24, 2.45) is 4.99 Å². The molecular formula is C30H19ClN4O2. The van der Waals surface area contributed by atoms with E-state index in [1.165, 1.54) is 9.69 Å². The molecule has 6 nitrogen and oxygen atoms in total. The molecule has 0 saturated carbocycles. The molecule has 0 N–H and O–H groups in total. The van der Waals surface area contributed by atoms with E-state index >= 15 is 0 Å². The van der Waals surface area contributed by atoms with Crippen LogP contribution in [0.4, 0.5) is 0 Å². The predicted octanol–water partition coefficient (Wildman–Crippen LogP) is 5.68. The molecule has 0 unspecified atom stereocenters. The van der Waals surface area contributed by atoms with E-state index < -0.39 is 5.91 Å². The van der Waals surface area contributed by atoms with Gasteiger partial charge in [-0.1, -0.05) is 96.5 Å². The highest BCUT2D eigenvalue weighted by atomic mass is 35.5. The summed E-state index contributed by atoms with van der Waals surface area (Å²) in [6, 6.07) is 32.9. The maximum atomic E-state index is 14.0. The lowest BCUT2D eigenvalue weighted by atomic mass is 10.1. The first-order valence-corrected chi connectivity index (χ1v) is 12.0. The number of aliphatic imine (C=N–C) groups is 1. The third-order valence-electron chi connectivity index (χ3n) is 6.01. The van der Waals surface area contributed by atoms with Crippen LogP contribution in [0.5, 0.6) is 0 Å². The van der Waals surface area contributed by atoms with Gasteiger partial charge in [0, 0.05) is 16.1 Å². The van der Waals surface area contributed by atoms with E-state index in [-0.39, 0.29) is 11.3 Å². The lowest BCUT2D eigenvalue weighted by Gasteiger charge is -2.23. The first-order chi connectivity index (χ1) is 18.1. The third-order valence-corrected chi connectivity index (χ3v) is 6.24. The number of carbonyl (C=O) groups is 1. The minimum atomic E-state index is -0.449. The smallest absolute Gasteiger partial charge is 0.267 e. The maximum absolute atomic E-state index is 14.0. The molecule has 0 bridgehead atoms. The summed E-state index contributed by atoms with van der Waals surface area (Å²) in [6.07, 6.45) is 1.67. The summed E-state index contributed by atoms with van der Waals surface area (Å²) in [7, 11) is 0. The average Bonchev–Trinajstić information content (AvgIpc) is 3.25. The molecule has 2 heterocycles. The van der Waals surface area contributed by atoms with E-state index in [1.54, 1.807) is 42.5 Å². The Hall–Kier alpha value is -4.81. The van der Waals surface area contributed by atoms with Gasteiger partial charge in [0.2, 0.25) is 0 Å². The Labute approximate surface area is 217 Å². The van der Waals surface area contributed by atoms with Crippen LogP contribution in [0, 0.1) is 0 Å². The van der Waals surface area contributed by atoms with Crippen molar-refractivity contribution in [3.63, 3.8) is 0 Å². The number of amidine groups is 1. The van der Waals surface area contributed by atoms with Crippen molar-refractivity contribution in [1.82, 2.24) is 9.66 Å². The van der Waals surface area contributed by atoms with Crippen molar-refractivity contribution < 1.29 is 4.79 Å². The molecule has 0 fully saturated rings. The van der Waals surface area contributed by atoms with Crippen LogP contribution in [0.3, 0.4) is 0 Å². The second-order valence-corrected chi connectivity index (χ2v) is 8.87. The minimum Gasteiger partial charge on any atom is -0.267 e. The normalized spacial score (nSPS) is 14.4. The van der Waals surface area contributed by atoms with Crippen LogP contribution in [0.25, 0.3) is 28.4 Å². The van der Waals surface area contributed by atoms with Gasteiger partial charge in [-0.05, 0) is 35.9 Å². The summed E-state index contributed by atoms with van der Waals surface area (Å²) in [6.45, 7) is 0. The quantitative estimate of drug-likeness (QED) is 0.297. The summed E-state index contributed by atoms with van der Waals surface area (Å²) in [5.41, 5.74) is 2.45. The molecule has 0 aliphatic carbocycles. The number of nitrogens with zero attached hydrogens (tertiary/aromatic N) is 4. The number of benzene rings is 4. The van der Waals surface area contributed by atoms with Crippen molar-refractivity contribution in [2.45, 2.75) is 0 Å². The minimum absolute atomic E-state index is 0.181. The zero-order chi connectivity index (χ0) is 25.4. The van der Waals surface area contributed by atoms with Crippen LogP contribution in [-0.4, -0.2) is 21.4 Å². The molecule has 0 saturated heterocycles. The van der Waals surface area contributed by atoms with Crippen LogP contribution in [0.15, 0.2) is 125 Å². The number of hydrogen-bond acceptors (Lipinski definition) is 4. The summed E-state index contributed by atoms with van der Waals surface area (Å²) >= 11 is 6.17. The Morgan fingerprint density at radius 3 is 2.14 bits per heavy atom. The van der Waals surface area contributed by atoms with Gasteiger partial charge in [-0.2, -0.15) is 9.69 Å². The Bertz CT molecular complexity index is 1780. The summed E-state index contributed by atoms with van der Waals surface area (Å²) in [5.74, 6) is 0.218. The first-order valence-electron chi connectivity index (χ1n) is 11.6. The molecule has 0 atom stereocenters. The van der Waals surface area contributed by atoms with Crippen molar-refractivity contribution in [1.29, 1.82) is 0 Å². The van der Waals surface area contributed by atoms with Gasteiger partial charge in [0.25, 0.3) is 11.5 Å². The highest BCUT2D eigenvalue weighted by Crippen LogP contribution is 2.26. The van der Waals surface area contributed by atoms with E-state index in [9.17, 15) is 9.59 Å². The lowest BCUT2D eigenvalue weighted by Crippen LogP contribution is -2.49. The monoisotopic (exact) mass is 502 g/mol. The van der Waals surface area contributed by atoms with Gasteiger partial charge in [0.05, 0.1) is 10.9 Å². The standard InChI is InChI=1S/C30H19ClN4O2/c31-23-15-9-10-20(18-23)19-26-30(37)35(28(33-26)22-13-5-2-6-14-22)34-27(21-11-3-1-4-12-21)32-25-17-8-7-16-24(25)29(34)36/h1-19H/b26-19+. The molecule has 1 amide bonds. The van der Waals surface area contributed by atoms with Crippen LogP contribution in [-0.2, 0) is 4.79 Å². The van der Waals surface area contributed by atoms with E-state index in [4.69, 9.17) is 21.6 Å². The third kappa shape index (κ3) is 4.13. The Morgan fingerprint density at radius 2 is 1.41 bits per heavy atom.